The molecule has 2 nitrogen and oxygen atoms in total. The fourth-order valence-corrected chi connectivity index (χ4v) is 8.04. The average Bonchev–Trinajstić information content (AvgIpc) is 3.44. The average molecular weight is 683 g/mol. The van der Waals surface area contributed by atoms with Crippen LogP contribution in [0.1, 0.15) is 48.9 Å². The molecule has 0 heterocycles. The molecule has 0 aliphatic heterocycles. The molecule has 0 fully saturated rings. The minimum atomic E-state index is -0.130. The Balaban J connectivity index is 0.994. The zero-order valence-electron chi connectivity index (χ0n) is 30.3. The predicted molar refractivity (Wildman–Crippen MR) is 227 cm³/mol. The SMILES string of the molecule is CC1(C)c2cc(/C=C/c3ccc(N(c4ccccc4)c4ccc5ccccc5c4)cc3)ccc2-c2ccc(N(C3=CCCC=C3)c3ccccc3)cc21. The van der Waals surface area contributed by atoms with Gasteiger partial charge in [0, 0.05) is 39.5 Å². The molecule has 7 aromatic carbocycles. The van der Waals surface area contributed by atoms with E-state index in [-0.39, 0.29) is 5.41 Å². The summed E-state index contributed by atoms with van der Waals surface area (Å²) < 4.78 is 0. The lowest BCUT2D eigenvalue weighted by Crippen LogP contribution is -2.19. The Morgan fingerprint density at radius 2 is 1.00 bits per heavy atom. The molecule has 7 aromatic rings. The van der Waals surface area contributed by atoms with Gasteiger partial charge in [-0.3, -0.25) is 0 Å². The summed E-state index contributed by atoms with van der Waals surface area (Å²) in [4.78, 5) is 4.73. The number of benzene rings is 7. The second-order valence-electron chi connectivity index (χ2n) is 14.6. The summed E-state index contributed by atoms with van der Waals surface area (Å²) in [5.41, 5.74) is 14.7. The molecule has 2 aliphatic rings. The molecule has 0 N–H and O–H groups in total. The van der Waals surface area contributed by atoms with Gasteiger partial charge in [-0.1, -0.05) is 141 Å². The van der Waals surface area contributed by atoms with E-state index in [1.165, 1.54) is 61.2 Å². The van der Waals surface area contributed by atoms with Gasteiger partial charge in [0.2, 0.25) is 0 Å². The van der Waals surface area contributed by atoms with Crippen molar-refractivity contribution in [2.45, 2.75) is 32.1 Å². The first-order valence-corrected chi connectivity index (χ1v) is 18.7. The molecule has 2 heteroatoms. The predicted octanol–water partition coefficient (Wildman–Crippen LogP) is 14.2. The molecular weight excluding hydrogens is 641 g/mol. The first-order chi connectivity index (χ1) is 26.0. The number of anilines is 5. The van der Waals surface area contributed by atoms with Crippen LogP contribution in [0.15, 0.2) is 188 Å². The van der Waals surface area contributed by atoms with Crippen LogP contribution in [-0.4, -0.2) is 0 Å². The largest absolute Gasteiger partial charge is 0.311 e. The van der Waals surface area contributed by atoms with Crippen LogP contribution in [0, 0.1) is 0 Å². The highest BCUT2D eigenvalue weighted by Crippen LogP contribution is 2.51. The molecular formula is C51H42N2. The Morgan fingerprint density at radius 1 is 0.453 bits per heavy atom. The van der Waals surface area contributed by atoms with Crippen molar-refractivity contribution in [1.82, 2.24) is 0 Å². The van der Waals surface area contributed by atoms with Crippen LogP contribution >= 0.6 is 0 Å². The van der Waals surface area contributed by atoms with Crippen molar-refractivity contribution in [3.63, 3.8) is 0 Å². The van der Waals surface area contributed by atoms with E-state index in [2.05, 4.69) is 218 Å². The Morgan fingerprint density at radius 3 is 1.72 bits per heavy atom. The highest BCUT2D eigenvalue weighted by molar-refractivity contribution is 5.90. The van der Waals surface area contributed by atoms with Gasteiger partial charge in [0.15, 0.2) is 0 Å². The molecule has 0 bridgehead atoms. The quantitative estimate of drug-likeness (QED) is 0.147. The topological polar surface area (TPSA) is 6.48 Å². The number of hydrogen-bond donors (Lipinski definition) is 0. The third kappa shape index (κ3) is 6.17. The van der Waals surface area contributed by atoms with Crippen molar-refractivity contribution in [3.8, 4) is 11.1 Å². The summed E-state index contributed by atoms with van der Waals surface area (Å²) >= 11 is 0. The van der Waals surface area contributed by atoms with Crippen LogP contribution in [0.2, 0.25) is 0 Å². The lowest BCUT2D eigenvalue weighted by Gasteiger charge is -2.29. The number of para-hydroxylation sites is 2. The Hall–Kier alpha value is -6.38. The maximum Gasteiger partial charge on any atom is 0.0468 e. The lowest BCUT2D eigenvalue weighted by molar-refractivity contribution is 0.660. The Kier molecular flexibility index (Phi) is 8.37. The molecule has 9 rings (SSSR count). The van der Waals surface area contributed by atoms with Crippen molar-refractivity contribution >= 4 is 51.4 Å². The highest BCUT2D eigenvalue weighted by Gasteiger charge is 2.36. The van der Waals surface area contributed by atoms with Crippen molar-refractivity contribution in [2.75, 3.05) is 9.80 Å². The first kappa shape index (κ1) is 32.5. The zero-order chi connectivity index (χ0) is 35.8. The normalized spacial score (nSPS) is 14.2. The van der Waals surface area contributed by atoms with Gasteiger partial charge in [0.1, 0.15) is 0 Å². The minimum absolute atomic E-state index is 0.130. The molecule has 0 aromatic heterocycles. The third-order valence-corrected chi connectivity index (χ3v) is 10.8. The summed E-state index contributed by atoms with van der Waals surface area (Å²) in [5, 5.41) is 2.48. The summed E-state index contributed by atoms with van der Waals surface area (Å²) in [6, 6.07) is 59.4. The van der Waals surface area contributed by atoms with E-state index < -0.39 is 0 Å². The summed E-state index contributed by atoms with van der Waals surface area (Å²) in [6.45, 7) is 4.74. The second kappa shape index (κ2) is 13.6. The van der Waals surface area contributed by atoms with E-state index in [1.54, 1.807) is 0 Å². The highest BCUT2D eigenvalue weighted by atomic mass is 15.1. The third-order valence-electron chi connectivity index (χ3n) is 10.8. The van der Waals surface area contributed by atoms with Gasteiger partial charge in [-0.25, -0.2) is 0 Å². The second-order valence-corrected chi connectivity index (χ2v) is 14.6. The van der Waals surface area contributed by atoms with Gasteiger partial charge in [0.05, 0.1) is 0 Å². The molecule has 0 radical (unpaired) electrons. The van der Waals surface area contributed by atoms with Gasteiger partial charge in [-0.15, -0.1) is 0 Å². The fraction of sp³-hybridized carbons (Fsp3) is 0.0980. The fourth-order valence-electron chi connectivity index (χ4n) is 8.04. The van der Waals surface area contributed by atoms with Gasteiger partial charge in [0.25, 0.3) is 0 Å². The standard InChI is InChI=1S/C51H42N2/c1-51(2)49-34-38(26-32-47(49)48-33-31-46(36-50(48)51)52(41-16-6-3-7-17-41)42-18-8-4-9-19-42)23-22-37-24-28-44(29-25-37)53(43-20-10-5-11-21-43)45-30-27-39-14-12-13-15-40(39)35-45/h3,5-8,10-36H,4,9H2,1-2H3/b23-22+. The molecule has 0 saturated heterocycles. The van der Waals surface area contributed by atoms with Gasteiger partial charge in [-0.05, 0) is 124 Å². The number of allylic oxidation sites excluding steroid dienone is 3. The summed E-state index contributed by atoms with van der Waals surface area (Å²) in [7, 11) is 0. The maximum atomic E-state index is 2.42. The number of rotatable bonds is 8. The molecule has 2 aliphatic carbocycles. The molecule has 53 heavy (non-hydrogen) atoms. The number of nitrogens with zero attached hydrogens (tertiary/aromatic N) is 2. The lowest BCUT2D eigenvalue weighted by atomic mass is 9.81. The molecule has 0 atom stereocenters. The molecule has 0 spiro atoms. The maximum absolute atomic E-state index is 2.42. The molecule has 0 unspecified atom stereocenters. The smallest absolute Gasteiger partial charge is 0.0468 e. The van der Waals surface area contributed by atoms with Crippen molar-refractivity contribution in [1.29, 1.82) is 0 Å². The van der Waals surface area contributed by atoms with E-state index in [9.17, 15) is 0 Å². The van der Waals surface area contributed by atoms with Crippen LogP contribution in [0.25, 0.3) is 34.1 Å². The number of fused-ring (bicyclic) bond motifs is 4. The van der Waals surface area contributed by atoms with E-state index >= 15 is 0 Å². The summed E-state index contributed by atoms with van der Waals surface area (Å²) in [6.07, 6.45) is 13.5. The van der Waals surface area contributed by atoms with Crippen LogP contribution in [-0.2, 0) is 5.41 Å². The van der Waals surface area contributed by atoms with Crippen LogP contribution in [0.4, 0.5) is 28.4 Å². The van der Waals surface area contributed by atoms with Gasteiger partial charge < -0.3 is 9.80 Å². The Labute approximate surface area is 313 Å². The first-order valence-electron chi connectivity index (χ1n) is 18.7. The van der Waals surface area contributed by atoms with Crippen LogP contribution in [0.3, 0.4) is 0 Å². The molecule has 0 amide bonds. The van der Waals surface area contributed by atoms with Gasteiger partial charge >= 0.3 is 0 Å². The van der Waals surface area contributed by atoms with E-state index in [4.69, 9.17) is 0 Å². The van der Waals surface area contributed by atoms with Crippen LogP contribution in [0.5, 0.6) is 0 Å². The van der Waals surface area contributed by atoms with E-state index in [0.29, 0.717) is 0 Å². The molecule has 256 valence electrons. The van der Waals surface area contributed by atoms with Gasteiger partial charge in [-0.2, -0.15) is 0 Å². The Bertz CT molecular complexity index is 2520. The van der Waals surface area contributed by atoms with Crippen LogP contribution < -0.4 is 9.80 Å². The molecule has 0 saturated carbocycles. The van der Waals surface area contributed by atoms with E-state index in [0.717, 1.165) is 29.9 Å². The van der Waals surface area contributed by atoms with E-state index in [1.807, 2.05) is 0 Å². The van der Waals surface area contributed by atoms with Crippen molar-refractivity contribution in [2.24, 2.45) is 0 Å². The number of hydrogen-bond acceptors (Lipinski definition) is 2. The van der Waals surface area contributed by atoms with Crippen molar-refractivity contribution < 1.29 is 0 Å². The monoisotopic (exact) mass is 682 g/mol. The minimum Gasteiger partial charge on any atom is -0.311 e. The summed E-state index contributed by atoms with van der Waals surface area (Å²) in [5.74, 6) is 0. The zero-order valence-corrected chi connectivity index (χ0v) is 30.3. The van der Waals surface area contributed by atoms with Crippen molar-refractivity contribution in [3.05, 3.63) is 210 Å².